The molecule has 0 saturated heterocycles. The number of aryl methyl sites for hydroxylation is 3. The van der Waals surface area contributed by atoms with Crippen molar-refractivity contribution in [3.8, 4) is 23.0 Å². The summed E-state index contributed by atoms with van der Waals surface area (Å²) in [6.07, 6.45) is 0.571. The number of hydrogen-bond donors (Lipinski definition) is 0. The quantitative estimate of drug-likeness (QED) is 0.384. The summed E-state index contributed by atoms with van der Waals surface area (Å²) in [4.78, 5) is 0. The minimum absolute atomic E-state index is 0.397. The minimum Gasteiger partial charge on any atom is -0.493 e. The maximum absolute atomic E-state index is 6.21. The molecule has 8 heteroatoms. The van der Waals surface area contributed by atoms with Crippen molar-refractivity contribution >= 4 is 11.6 Å². The Morgan fingerprint density at radius 3 is 2.58 bits per heavy atom. The topological polar surface area (TPSA) is 75.2 Å². The maximum atomic E-state index is 6.21. The van der Waals surface area contributed by atoms with Gasteiger partial charge in [0.1, 0.15) is 6.61 Å². The molecule has 2 aromatic heterocycles. The molecule has 2 heterocycles. The highest BCUT2D eigenvalue weighted by Crippen LogP contribution is 2.27. The molecule has 0 atom stereocenters. The average Bonchev–Trinajstić information content (AvgIpc) is 3.37. The van der Waals surface area contributed by atoms with E-state index in [9.17, 15) is 0 Å². The Hall–Kier alpha value is -3.32. The largest absolute Gasteiger partial charge is 0.493 e. The van der Waals surface area contributed by atoms with Crippen LogP contribution in [0.5, 0.6) is 11.5 Å². The van der Waals surface area contributed by atoms with Gasteiger partial charge < -0.3 is 13.9 Å². The fraction of sp³-hybridized carbons (Fsp3) is 0.261. The fourth-order valence-corrected chi connectivity index (χ4v) is 3.39. The predicted molar refractivity (Wildman–Crippen MR) is 117 cm³/mol. The van der Waals surface area contributed by atoms with E-state index >= 15 is 0 Å². The van der Waals surface area contributed by atoms with Gasteiger partial charge in [-0.15, -0.1) is 10.2 Å². The van der Waals surface area contributed by atoms with Gasteiger partial charge in [0.15, 0.2) is 11.5 Å². The molecule has 0 spiro atoms. The van der Waals surface area contributed by atoms with Crippen LogP contribution in [-0.4, -0.2) is 27.1 Å². The zero-order chi connectivity index (χ0) is 21.8. The van der Waals surface area contributed by atoms with Crippen LogP contribution >= 0.6 is 11.6 Å². The van der Waals surface area contributed by atoms with Gasteiger partial charge in [-0.05, 0) is 43.7 Å². The van der Waals surface area contributed by atoms with Crippen molar-refractivity contribution in [2.75, 3.05) is 7.11 Å². The van der Waals surface area contributed by atoms with E-state index in [0.29, 0.717) is 47.9 Å². The maximum Gasteiger partial charge on any atom is 0.247 e. The molecular weight excluding hydrogens is 416 g/mol. The number of benzene rings is 2. The van der Waals surface area contributed by atoms with E-state index in [0.717, 1.165) is 22.5 Å². The molecule has 4 rings (SSSR count). The first kappa shape index (κ1) is 20.9. The molecule has 0 aliphatic carbocycles. The molecule has 7 nitrogen and oxygen atoms in total. The second-order valence-electron chi connectivity index (χ2n) is 7.10. The van der Waals surface area contributed by atoms with Crippen LogP contribution < -0.4 is 9.47 Å². The highest BCUT2D eigenvalue weighted by molar-refractivity contribution is 6.31. The Bertz CT molecular complexity index is 1190. The highest BCUT2D eigenvalue weighted by Gasteiger charge is 2.13. The normalized spacial score (nSPS) is 11.0. The predicted octanol–water partition coefficient (Wildman–Crippen LogP) is 5.03. The smallest absolute Gasteiger partial charge is 0.247 e. The molecule has 2 aromatic carbocycles. The van der Waals surface area contributed by atoms with Crippen molar-refractivity contribution in [1.29, 1.82) is 0 Å². The number of para-hydroxylation sites is 2. The second kappa shape index (κ2) is 9.22. The van der Waals surface area contributed by atoms with Crippen LogP contribution in [0, 0.1) is 13.8 Å². The number of methoxy groups -OCH3 is 1. The Balaban J connectivity index is 1.42. The summed E-state index contributed by atoms with van der Waals surface area (Å²) in [7, 11) is 1.62. The van der Waals surface area contributed by atoms with Crippen LogP contribution in [0.15, 0.2) is 52.9 Å². The minimum atomic E-state index is 0.397. The lowest BCUT2D eigenvalue weighted by atomic mass is 10.1. The molecule has 0 unspecified atom stereocenters. The Morgan fingerprint density at radius 2 is 1.84 bits per heavy atom. The number of halogens is 1. The third-order valence-corrected chi connectivity index (χ3v) is 5.48. The van der Waals surface area contributed by atoms with E-state index in [2.05, 4.69) is 15.3 Å². The second-order valence-corrected chi connectivity index (χ2v) is 7.48. The number of hydrogen-bond acceptors (Lipinski definition) is 6. The first-order valence-electron chi connectivity index (χ1n) is 9.92. The van der Waals surface area contributed by atoms with Gasteiger partial charge in [0.05, 0.1) is 23.5 Å². The van der Waals surface area contributed by atoms with E-state index in [-0.39, 0.29) is 0 Å². The average molecular weight is 439 g/mol. The van der Waals surface area contributed by atoms with Crippen molar-refractivity contribution in [3.63, 3.8) is 0 Å². The first-order chi connectivity index (χ1) is 15.0. The molecule has 0 saturated carbocycles. The fourth-order valence-electron chi connectivity index (χ4n) is 3.26. The van der Waals surface area contributed by atoms with Gasteiger partial charge in [-0.1, -0.05) is 35.9 Å². The lowest BCUT2D eigenvalue weighted by molar-refractivity contribution is 0.284. The van der Waals surface area contributed by atoms with Crippen LogP contribution in [0.2, 0.25) is 5.02 Å². The van der Waals surface area contributed by atoms with Crippen LogP contribution in [0.1, 0.15) is 22.8 Å². The van der Waals surface area contributed by atoms with E-state index in [1.54, 1.807) is 7.11 Å². The van der Waals surface area contributed by atoms with Gasteiger partial charge in [0.25, 0.3) is 0 Å². The zero-order valence-electron chi connectivity index (χ0n) is 17.6. The van der Waals surface area contributed by atoms with Gasteiger partial charge in [-0.3, -0.25) is 4.68 Å². The summed E-state index contributed by atoms with van der Waals surface area (Å²) in [5.41, 5.74) is 3.58. The summed E-state index contributed by atoms with van der Waals surface area (Å²) in [6.45, 7) is 4.85. The lowest BCUT2D eigenvalue weighted by Crippen LogP contribution is -2.05. The molecule has 0 aliphatic heterocycles. The Kier molecular flexibility index (Phi) is 6.23. The van der Waals surface area contributed by atoms with Crippen LogP contribution in [0.25, 0.3) is 11.5 Å². The van der Waals surface area contributed by atoms with E-state index < -0.39 is 0 Å². The number of aromatic nitrogens is 4. The molecule has 160 valence electrons. The number of rotatable bonds is 8. The van der Waals surface area contributed by atoms with Gasteiger partial charge in [0.2, 0.25) is 11.8 Å². The molecule has 31 heavy (non-hydrogen) atoms. The van der Waals surface area contributed by atoms with Crippen molar-refractivity contribution in [1.82, 2.24) is 20.0 Å². The third-order valence-electron chi connectivity index (χ3n) is 4.93. The van der Waals surface area contributed by atoms with E-state index in [1.165, 1.54) is 0 Å². The molecule has 4 aromatic rings. The molecule has 0 N–H and O–H groups in total. The molecule has 0 bridgehead atoms. The Morgan fingerprint density at radius 1 is 1.03 bits per heavy atom. The molecule has 0 fully saturated rings. The van der Waals surface area contributed by atoms with Gasteiger partial charge in [-0.2, -0.15) is 5.10 Å². The SMILES string of the molecule is COc1ccccc1OCc1cccc(-c2nnc(CCn3nc(C)c(Cl)c3C)o2)c1. The van der Waals surface area contributed by atoms with E-state index in [4.69, 9.17) is 25.5 Å². The number of nitrogens with zero attached hydrogens (tertiary/aromatic N) is 4. The van der Waals surface area contributed by atoms with Crippen molar-refractivity contribution in [2.45, 2.75) is 33.4 Å². The standard InChI is InChI=1S/C23H23ClN4O3/c1-15-22(24)16(2)28(27-15)12-11-21-25-26-23(31-21)18-8-6-7-17(13-18)14-30-20-10-5-4-9-19(20)29-3/h4-10,13H,11-12,14H2,1-3H3. The van der Waals surface area contributed by atoms with Crippen molar-refractivity contribution < 1.29 is 13.9 Å². The Labute approximate surface area is 185 Å². The molecular formula is C23H23ClN4O3. The van der Waals surface area contributed by atoms with Crippen molar-refractivity contribution in [3.05, 3.63) is 76.4 Å². The lowest BCUT2D eigenvalue weighted by Gasteiger charge is -2.10. The summed E-state index contributed by atoms with van der Waals surface area (Å²) in [5.74, 6) is 2.42. The molecule has 0 aliphatic rings. The highest BCUT2D eigenvalue weighted by atomic mass is 35.5. The van der Waals surface area contributed by atoms with E-state index in [1.807, 2.05) is 67.1 Å². The van der Waals surface area contributed by atoms with Crippen LogP contribution in [0.3, 0.4) is 0 Å². The molecule has 0 radical (unpaired) electrons. The van der Waals surface area contributed by atoms with Crippen LogP contribution in [0.4, 0.5) is 0 Å². The zero-order valence-corrected chi connectivity index (χ0v) is 18.4. The van der Waals surface area contributed by atoms with Gasteiger partial charge in [0, 0.05) is 18.5 Å². The van der Waals surface area contributed by atoms with Crippen LogP contribution in [-0.2, 0) is 19.6 Å². The molecule has 0 amide bonds. The summed E-state index contributed by atoms with van der Waals surface area (Å²) in [5, 5.41) is 13.5. The summed E-state index contributed by atoms with van der Waals surface area (Å²) in [6, 6.07) is 15.4. The van der Waals surface area contributed by atoms with Gasteiger partial charge in [-0.25, -0.2) is 0 Å². The monoisotopic (exact) mass is 438 g/mol. The van der Waals surface area contributed by atoms with Gasteiger partial charge >= 0.3 is 0 Å². The summed E-state index contributed by atoms with van der Waals surface area (Å²) >= 11 is 6.21. The third kappa shape index (κ3) is 4.72. The first-order valence-corrected chi connectivity index (χ1v) is 10.3. The summed E-state index contributed by atoms with van der Waals surface area (Å²) < 4.78 is 19.0. The number of ether oxygens (including phenoxy) is 2. The van der Waals surface area contributed by atoms with Crippen molar-refractivity contribution in [2.24, 2.45) is 0 Å².